The van der Waals surface area contributed by atoms with E-state index in [1.807, 2.05) is 22.7 Å². The first-order valence-electron chi connectivity index (χ1n) is 7.86. The van der Waals surface area contributed by atoms with Gasteiger partial charge >= 0.3 is 0 Å². The standard InChI is InChI=1S/C20H16S2/c1-2-6-13(5-1)17-11-15-9-10-16-12-18(14-7-3-4-8-14)22-20(16)19(15)21-17/h1-5,7,11-12H,6,8-10H2. The van der Waals surface area contributed by atoms with Gasteiger partial charge in [-0.25, -0.2) is 0 Å². The summed E-state index contributed by atoms with van der Waals surface area (Å²) in [7, 11) is 0. The highest BCUT2D eigenvalue weighted by Gasteiger charge is 2.24. The highest BCUT2D eigenvalue weighted by atomic mass is 32.1. The van der Waals surface area contributed by atoms with Crippen molar-refractivity contribution in [3.63, 3.8) is 0 Å². The Morgan fingerprint density at radius 2 is 1.18 bits per heavy atom. The minimum Gasteiger partial charge on any atom is -0.134 e. The van der Waals surface area contributed by atoms with Gasteiger partial charge in [0.05, 0.1) is 0 Å². The molecule has 0 aliphatic heterocycles. The molecule has 0 fully saturated rings. The predicted octanol–water partition coefficient (Wildman–Crippen LogP) is 6.26. The van der Waals surface area contributed by atoms with Crippen molar-refractivity contribution in [2.75, 3.05) is 0 Å². The second kappa shape index (κ2) is 4.94. The number of hydrogen-bond acceptors (Lipinski definition) is 2. The van der Waals surface area contributed by atoms with Gasteiger partial charge in [0.25, 0.3) is 0 Å². The molecule has 0 radical (unpaired) electrons. The maximum Gasteiger partial charge on any atom is 0.0484 e. The minimum atomic E-state index is 1.10. The first-order chi connectivity index (χ1) is 10.9. The molecule has 2 heterocycles. The molecule has 2 aromatic rings. The molecular weight excluding hydrogens is 304 g/mol. The molecule has 0 saturated heterocycles. The molecule has 0 amide bonds. The van der Waals surface area contributed by atoms with Crippen molar-refractivity contribution >= 4 is 33.8 Å². The Labute approximate surface area is 138 Å². The average Bonchev–Trinajstić information content (AvgIpc) is 3.31. The third-order valence-corrected chi connectivity index (χ3v) is 7.33. The van der Waals surface area contributed by atoms with Crippen LogP contribution in [0, 0.1) is 0 Å². The van der Waals surface area contributed by atoms with Crippen LogP contribution in [-0.4, -0.2) is 0 Å². The van der Waals surface area contributed by atoms with Gasteiger partial charge in [-0.2, -0.15) is 0 Å². The zero-order valence-electron chi connectivity index (χ0n) is 12.3. The largest absolute Gasteiger partial charge is 0.134 e. The van der Waals surface area contributed by atoms with Crippen LogP contribution in [0.4, 0.5) is 0 Å². The normalized spacial score (nSPS) is 18.4. The maximum absolute atomic E-state index is 2.44. The van der Waals surface area contributed by atoms with E-state index in [0.29, 0.717) is 0 Å². The lowest BCUT2D eigenvalue weighted by Crippen LogP contribution is -1.96. The van der Waals surface area contributed by atoms with Crippen molar-refractivity contribution in [2.24, 2.45) is 0 Å². The molecule has 0 N–H and O–H groups in total. The van der Waals surface area contributed by atoms with Crippen LogP contribution in [-0.2, 0) is 12.8 Å². The summed E-state index contributed by atoms with van der Waals surface area (Å²) in [6.45, 7) is 0. The highest BCUT2D eigenvalue weighted by Crippen LogP contribution is 2.47. The molecule has 3 aliphatic carbocycles. The van der Waals surface area contributed by atoms with Gasteiger partial charge in [-0.3, -0.25) is 0 Å². The van der Waals surface area contributed by atoms with Gasteiger partial charge in [-0.05, 0) is 60.1 Å². The lowest BCUT2D eigenvalue weighted by molar-refractivity contribution is 0.957. The van der Waals surface area contributed by atoms with Crippen LogP contribution in [0.15, 0.2) is 48.6 Å². The Morgan fingerprint density at radius 3 is 1.59 bits per heavy atom. The third kappa shape index (κ3) is 1.94. The monoisotopic (exact) mass is 320 g/mol. The van der Waals surface area contributed by atoms with Crippen molar-refractivity contribution in [3.05, 3.63) is 69.5 Å². The van der Waals surface area contributed by atoms with Crippen molar-refractivity contribution < 1.29 is 0 Å². The fraction of sp³-hybridized carbons (Fsp3) is 0.200. The quantitative estimate of drug-likeness (QED) is 0.612. The van der Waals surface area contributed by atoms with E-state index >= 15 is 0 Å². The van der Waals surface area contributed by atoms with Crippen LogP contribution in [0.1, 0.15) is 33.7 Å². The van der Waals surface area contributed by atoms with Gasteiger partial charge in [0, 0.05) is 19.5 Å². The Bertz CT molecular complexity index is 807. The molecule has 0 spiro atoms. The van der Waals surface area contributed by atoms with Crippen molar-refractivity contribution in [1.82, 2.24) is 0 Å². The van der Waals surface area contributed by atoms with Crippen molar-refractivity contribution in [1.29, 1.82) is 0 Å². The minimum absolute atomic E-state index is 1.10. The van der Waals surface area contributed by atoms with E-state index in [-0.39, 0.29) is 0 Å². The number of thiophene rings is 2. The summed E-state index contributed by atoms with van der Waals surface area (Å²) >= 11 is 4.00. The second-order valence-corrected chi connectivity index (χ2v) is 8.18. The van der Waals surface area contributed by atoms with Gasteiger partial charge in [-0.15, -0.1) is 22.7 Å². The molecule has 0 aromatic carbocycles. The third-order valence-electron chi connectivity index (χ3n) is 4.66. The second-order valence-electron chi connectivity index (χ2n) is 6.08. The fourth-order valence-corrected chi connectivity index (χ4v) is 6.15. The molecule has 5 rings (SSSR count). The molecule has 0 bridgehead atoms. The smallest absolute Gasteiger partial charge is 0.0484 e. The molecule has 2 heteroatoms. The molecule has 0 nitrogen and oxygen atoms in total. The molecule has 108 valence electrons. The summed E-state index contributed by atoms with van der Waals surface area (Å²) in [4.78, 5) is 6.01. The van der Waals surface area contributed by atoms with Crippen LogP contribution in [0.3, 0.4) is 0 Å². The molecule has 22 heavy (non-hydrogen) atoms. The van der Waals surface area contributed by atoms with Gasteiger partial charge < -0.3 is 0 Å². The summed E-state index contributed by atoms with van der Waals surface area (Å²) in [6, 6.07) is 4.88. The highest BCUT2D eigenvalue weighted by molar-refractivity contribution is 7.23. The average molecular weight is 320 g/mol. The Hall–Kier alpha value is -1.64. The first kappa shape index (κ1) is 12.9. The number of rotatable bonds is 2. The van der Waals surface area contributed by atoms with Crippen LogP contribution >= 0.6 is 22.7 Å². The Balaban J connectivity index is 1.58. The van der Waals surface area contributed by atoms with E-state index in [4.69, 9.17) is 0 Å². The van der Waals surface area contributed by atoms with Crippen molar-refractivity contribution in [2.45, 2.75) is 25.7 Å². The number of aryl methyl sites for hydroxylation is 2. The van der Waals surface area contributed by atoms with Crippen LogP contribution in [0.5, 0.6) is 0 Å². The summed E-state index contributed by atoms with van der Waals surface area (Å²) < 4.78 is 0. The maximum atomic E-state index is 2.44. The zero-order chi connectivity index (χ0) is 14.5. The zero-order valence-corrected chi connectivity index (χ0v) is 13.9. The summed E-state index contributed by atoms with van der Waals surface area (Å²) in [6.07, 6.45) is 18.0. The van der Waals surface area contributed by atoms with Crippen LogP contribution < -0.4 is 0 Å². The number of allylic oxidation sites excluding steroid dienone is 8. The lowest BCUT2D eigenvalue weighted by atomic mass is 9.97. The van der Waals surface area contributed by atoms with Gasteiger partial charge in [-0.1, -0.05) is 36.5 Å². The lowest BCUT2D eigenvalue weighted by Gasteiger charge is -2.10. The summed E-state index contributed by atoms with van der Waals surface area (Å²) in [5.74, 6) is 0. The Morgan fingerprint density at radius 1 is 0.682 bits per heavy atom. The van der Waals surface area contributed by atoms with E-state index in [9.17, 15) is 0 Å². The molecule has 0 atom stereocenters. The van der Waals surface area contributed by atoms with E-state index in [0.717, 1.165) is 12.8 Å². The Kier molecular flexibility index (Phi) is 2.89. The van der Waals surface area contributed by atoms with Gasteiger partial charge in [0.15, 0.2) is 0 Å². The SMILES string of the molecule is C1=CCC(c2cc3c(s2)-c2sc(C4=CC=CC4)cc2CC3)=C1. The molecular formula is C20H16S2. The van der Waals surface area contributed by atoms with E-state index < -0.39 is 0 Å². The molecule has 0 saturated carbocycles. The van der Waals surface area contributed by atoms with E-state index in [2.05, 4.69) is 48.6 Å². The molecule has 3 aliphatic rings. The summed E-state index contributed by atoms with van der Waals surface area (Å²) in [5.41, 5.74) is 6.10. The van der Waals surface area contributed by atoms with Crippen molar-refractivity contribution in [3.8, 4) is 9.75 Å². The van der Waals surface area contributed by atoms with Gasteiger partial charge in [0.2, 0.25) is 0 Å². The summed E-state index contributed by atoms with van der Waals surface area (Å²) in [5, 5.41) is 0. The first-order valence-corrected chi connectivity index (χ1v) is 9.50. The number of hydrogen-bond donors (Lipinski definition) is 0. The topological polar surface area (TPSA) is 0 Å². The molecule has 0 unspecified atom stereocenters. The fourth-order valence-electron chi connectivity index (χ4n) is 3.46. The van der Waals surface area contributed by atoms with E-state index in [1.54, 1.807) is 11.1 Å². The molecule has 2 aromatic heterocycles. The van der Waals surface area contributed by atoms with Gasteiger partial charge in [0.1, 0.15) is 0 Å². The van der Waals surface area contributed by atoms with Crippen LogP contribution in [0.2, 0.25) is 0 Å². The predicted molar refractivity (Wildman–Crippen MR) is 98.5 cm³/mol. The number of fused-ring (bicyclic) bond motifs is 3. The van der Waals surface area contributed by atoms with E-state index in [1.165, 1.54) is 43.5 Å². The van der Waals surface area contributed by atoms with Crippen LogP contribution in [0.25, 0.3) is 20.9 Å².